The van der Waals surface area contributed by atoms with E-state index in [1.807, 2.05) is 14.2 Å². The molecule has 1 aliphatic rings. The summed E-state index contributed by atoms with van der Waals surface area (Å²) < 4.78 is 11.3. The Bertz CT molecular complexity index is 403. The lowest BCUT2D eigenvalue weighted by Crippen LogP contribution is -2.43. The lowest BCUT2D eigenvalue weighted by Gasteiger charge is -2.36. The monoisotopic (exact) mass is 266 g/mol. The highest BCUT2D eigenvalue weighted by Crippen LogP contribution is 2.23. The molecule has 4 nitrogen and oxygen atoms in total. The number of ether oxygens (including phenoxy) is 1. The number of nitrogens with zero attached hydrogens (tertiary/aromatic N) is 1. The van der Waals surface area contributed by atoms with Gasteiger partial charge in [0, 0.05) is 25.8 Å². The molecule has 1 aromatic rings. The minimum absolute atomic E-state index is 0.359. The van der Waals surface area contributed by atoms with Gasteiger partial charge in [-0.15, -0.1) is 0 Å². The topological polar surface area (TPSA) is 37.6 Å². The standard InChI is InChI=1S/C15H26N2O2/c1-11-5-6-17(10-15(11)18-4)9-13-7-14(8-16-3)19-12(13)2/h7,11,15-16H,5-6,8-10H2,1-4H3. The maximum Gasteiger partial charge on any atom is 0.118 e. The molecule has 0 bridgehead atoms. The predicted octanol–water partition coefficient (Wildman–Crippen LogP) is 2.16. The first-order chi connectivity index (χ1) is 9.13. The van der Waals surface area contributed by atoms with Crippen molar-refractivity contribution in [2.45, 2.75) is 39.5 Å². The van der Waals surface area contributed by atoms with Crippen molar-refractivity contribution in [2.75, 3.05) is 27.2 Å². The number of piperidine rings is 1. The van der Waals surface area contributed by atoms with Crippen LogP contribution in [0.25, 0.3) is 0 Å². The SMILES string of the molecule is CNCc1cc(CN2CCC(C)C(OC)C2)c(C)o1. The summed E-state index contributed by atoms with van der Waals surface area (Å²) in [5, 5.41) is 3.12. The summed E-state index contributed by atoms with van der Waals surface area (Å²) in [5.41, 5.74) is 1.30. The summed E-state index contributed by atoms with van der Waals surface area (Å²) in [6.07, 6.45) is 1.57. The molecule has 1 aliphatic heterocycles. The van der Waals surface area contributed by atoms with E-state index < -0.39 is 0 Å². The van der Waals surface area contributed by atoms with Crippen LogP contribution in [0.1, 0.15) is 30.4 Å². The van der Waals surface area contributed by atoms with E-state index in [1.54, 1.807) is 0 Å². The molecule has 1 fully saturated rings. The van der Waals surface area contributed by atoms with E-state index in [4.69, 9.17) is 9.15 Å². The molecule has 108 valence electrons. The Labute approximate surface area is 116 Å². The smallest absolute Gasteiger partial charge is 0.118 e. The Morgan fingerprint density at radius 2 is 2.32 bits per heavy atom. The van der Waals surface area contributed by atoms with Crippen molar-refractivity contribution < 1.29 is 9.15 Å². The second-order valence-electron chi connectivity index (χ2n) is 5.60. The zero-order valence-electron chi connectivity index (χ0n) is 12.5. The van der Waals surface area contributed by atoms with Gasteiger partial charge in [-0.25, -0.2) is 0 Å². The van der Waals surface area contributed by atoms with Crippen molar-refractivity contribution in [1.29, 1.82) is 0 Å². The average molecular weight is 266 g/mol. The maximum absolute atomic E-state index is 5.75. The van der Waals surface area contributed by atoms with Crippen molar-refractivity contribution in [3.05, 3.63) is 23.2 Å². The molecule has 2 rings (SSSR count). The van der Waals surface area contributed by atoms with E-state index in [-0.39, 0.29) is 0 Å². The zero-order chi connectivity index (χ0) is 13.8. The van der Waals surface area contributed by atoms with Crippen LogP contribution in [-0.2, 0) is 17.8 Å². The van der Waals surface area contributed by atoms with E-state index in [1.165, 1.54) is 12.0 Å². The molecule has 1 aromatic heterocycles. The largest absolute Gasteiger partial charge is 0.465 e. The molecule has 1 N–H and O–H groups in total. The molecule has 2 atom stereocenters. The second kappa shape index (κ2) is 6.55. The molecule has 0 radical (unpaired) electrons. The molecule has 0 aliphatic carbocycles. The quantitative estimate of drug-likeness (QED) is 0.886. The number of hydrogen-bond donors (Lipinski definition) is 1. The van der Waals surface area contributed by atoms with Crippen LogP contribution in [0.15, 0.2) is 10.5 Å². The first kappa shape index (κ1) is 14.6. The summed E-state index contributed by atoms with van der Waals surface area (Å²) in [4.78, 5) is 2.47. The van der Waals surface area contributed by atoms with Crippen molar-refractivity contribution in [1.82, 2.24) is 10.2 Å². The molecular weight excluding hydrogens is 240 g/mol. The third-order valence-corrected chi connectivity index (χ3v) is 4.09. The minimum Gasteiger partial charge on any atom is -0.465 e. The van der Waals surface area contributed by atoms with Gasteiger partial charge in [0.05, 0.1) is 12.6 Å². The third kappa shape index (κ3) is 3.59. The number of nitrogens with one attached hydrogen (secondary N) is 1. The molecule has 0 aromatic carbocycles. The molecular formula is C15H26N2O2. The fraction of sp³-hybridized carbons (Fsp3) is 0.733. The summed E-state index contributed by atoms with van der Waals surface area (Å²) >= 11 is 0. The number of hydrogen-bond acceptors (Lipinski definition) is 4. The van der Waals surface area contributed by atoms with E-state index in [0.717, 1.165) is 37.7 Å². The van der Waals surface area contributed by atoms with Crippen molar-refractivity contribution in [2.24, 2.45) is 5.92 Å². The fourth-order valence-corrected chi connectivity index (χ4v) is 2.80. The Kier molecular flexibility index (Phi) is 5.02. The number of methoxy groups -OCH3 is 1. The van der Waals surface area contributed by atoms with Crippen LogP contribution in [-0.4, -0.2) is 38.3 Å². The van der Waals surface area contributed by atoms with Crippen LogP contribution in [0.3, 0.4) is 0 Å². The summed E-state index contributed by atoms with van der Waals surface area (Å²) in [7, 11) is 3.76. The lowest BCUT2D eigenvalue weighted by molar-refractivity contribution is -0.00755. The van der Waals surface area contributed by atoms with E-state index in [9.17, 15) is 0 Å². The van der Waals surface area contributed by atoms with Crippen LogP contribution in [0, 0.1) is 12.8 Å². The molecule has 1 saturated heterocycles. The van der Waals surface area contributed by atoms with Gasteiger partial charge in [-0.1, -0.05) is 6.92 Å². The molecule has 19 heavy (non-hydrogen) atoms. The number of rotatable bonds is 5. The van der Waals surface area contributed by atoms with Crippen molar-refractivity contribution in [3.8, 4) is 0 Å². The van der Waals surface area contributed by atoms with Gasteiger partial charge in [0.25, 0.3) is 0 Å². The molecule has 2 unspecified atom stereocenters. The molecule has 0 spiro atoms. The fourth-order valence-electron chi connectivity index (χ4n) is 2.80. The van der Waals surface area contributed by atoms with Crippen LogP contribution in [0.4, 0.5) is 0 Å². The number of aryl methyl sites for hydroxylation is 1. The molecule has 0 saturated carbocycles. The average Bonchev–Trinajstić information content (AvgIpc) is 2.72. The van der Waals surface area contributed by atoms with Crippen molar-refractivity contribution >= 4 is 0 Å². The summed E-state index contributed by atoms with van der Waals surface area (Å²) in [5.74, 6) is 2.72. The Morgan fingerprint density at radius 3 is 3.00 bits per heavy atom. The predicted molar refractivity (Wildman–Crippen MR) is 76.1 cm³/mol. The third-order valence-electron chi connectivity index (χ3n) is 4.09. The van der Waals surface area contributed by atoms with Gasteiger partial charge in [0.15, 0.2) is 0 Å². The van der Waals surface area contributed by atoms with Gasteiger partial charge in [-0.3, -0.25) is 4.90 Å². The van der Waals surface area contributed by atoms with Gasteiger partial charge >= 0.3 is 0 Å². The zero-order valence-corrected chi connectivity index (χ0v) is 12.5. The number of likely N-dealkylation sites (tertiary alicyclic amines) is 1. The Hall–Kier alpha value is -0.840. The van der Waals surface area contributed by atoms with Crippen LogP contribution in [0.2, 0.25) is 0 Å². The molecule has 2 heterocycles. The van der Waals surface area contributed by atoms with Gasteiger partial charge in [0.2, 0.25) is 0 Å². The normalized spacial score (nSPS) is 24.8. The highest BCUT2D eigenvalue weighted by Gasteiger charge is 2.26. The van der Waals surface area contributed by atoms with Crippen LogP contribution >= 0.6 is 0 Å². The Morgan fingerprint density at radius 1 is 1.53 bits per heavy atom. The van der Waals surface area contributed by atoms with Gasteiger partial charge in [-0.05, 0) is 38.9 Å². The summed E-state index contributed by atoms with van der Waals surface area (Å²) in [6, 6.07) is 2.17. The van der Waals surface area contributed by atoms with Gasteiger partial charge < -0.3 is 14.5 Å². The summed E-state index contributed by atoms with van der Waals surface area (Å²) in [6.45, 7) is 8.25. The number of furan rings is 1. The van der Waals surface area contributed by atoms with E-state index >= 15 is 0 Å². The second-order valence-corrected chi connectivity index (χ2v) is 5.60. The molecule has 4 heteroatoms. The molecule has 0 amide bonds. The van der Waals surface area contributed by atoms with E-state index in [0.29, 0.717) is 12.0 Å². The highest BCUT2D eigenvalue weighted by molar-refractivity contribution is 5.20. The van der Waals surface area contributed by atoms with Crippen LogP contribution < -0.4 is 5.32 Å². The first-order valence-electron chi connectivity index (χ1n) is 7.12. The Balaban J connectivity index is 1.97. The maximum atomic E-state index is 5.75. The van der Waals surface area contributed by atoms with Gasteiger partial charge in [0.1, 0.15) is 11.5 Å². The highest BCUT2D eigenvalue weighted by atomic mass is 16.5. The van der Waals surface area contributed by atoms with E-state index in [2.05, 4.69) is 30.1 Å². The first-order valence-corrected chi connectivity index (χ1v) is 7.12. The lowest BCUT2D eigenvalue weighted by atomic mass is 9.95. The van der Waals surface area contributed by atoms with Crippen LogP contribution in [0.5, 0.6) is 0 Å². The van der Waals surface area contributed by atoms with Crippen molar-refractivity contribution in [3.63, 3.8) is 0 Å². The van der Waals surface area contributed by atoms with Gasteiger partial charge in [-0.2, -0.15) is 0 Å². The minimum atomic E-state index is 0.359.